The first-order chi connectivity index (χ1) is 3.93. The van der Waals surface area contributed by atoms with Gasteiger partial charge in [-0.25, -0.2) is 0 Å². The van der Waals surface area contributed by atoms with Gasteiger partial charge in [-0.2, -0.15) is 0 Å². The molecule has 38 valence electrons. The molecule has 0 amide bonds. The van der Waals surface area contributed by atoms with Crippen LogP contribution in [0.2, 0.25) is 0 Å². The number of hydrogen-bond donors (Lipinski definition) is 0. The van der Waals surface area contributed by atoms with E-state index >= 15 is 0 Å². The van der Waals surface area contributed by atoms with Crippen LogP contribution in [0.15, 0.2) is 34.9 Å². The molecule has 4 rings (SSSR count). The lowest BCUT2D eigenvalue weighted by Gasteiger charge is -1.97. The Morgan fingerprint density at radius 3 is 2.50 bits per heavy atom. The van der Waals surface area contributed by atoms with Crippen molar-refractivity contribution in [3.8, 4) is 0 Å². The lowest BCUT2D eigenvalue weighted by atomic mass is 10.1. The van der Waals surface area contributed by atoms with Gasteiger partial charge in [-0.05, 0) is 23.1 Å². The van der Waals surface area contributed by atoms with Gasteiger partial charge < -0.3 is 0 Å². The molecule has 0 aromatic carbocycles. The van der Waals surface area contributed by atoms with Gasteiger partial charge in [0.05, 0.1) is 0 Å². The summed E-state index contributed by atoms with van der Waals surface area (Å²) in [6.07, 6.45) is 8.34. The molecular formula is C8H6. The van der Waals surface area contributed by atoms with Gasteiger partial charge in [0.2, 0.25) is 0 Å². The zero-order valence-corrected chi connectivity index (χ0v) is 4.52. The Hall–Kier alpha value is -0.780. The second-order valence-corrected chi connectivity index (χ2v) is 2.75. The van der Waals surface area contributed by atoms with E-state index in [2.05, 4.69) is 18.2 Å². The lowest BCUT2D eigenvalue weighted by molar-refractivity contribution is 0.848. The minimum atomic E-state index is 0.819. The molecule has 4 bridgehead atoms. The maximum Gasteiger partial charge on any atom is 0.00680 e. The molecule has 4 aliphatic carbocycles. The van der Waals surface area contributed by atoms with Crippen molar-refractivity contribution in [2.75, 3.05) is 0 Å². The van der Waals surface area contributed by atoms with Crippen molar-refractivity contribution in [1.29, 1.82) is 0 Å². The first kappa shape index (κ1) is 3.29. The Morgan fingerprint density at radius 1 is 1.38 bits per heavy atom. The largest absolute Gasteiger partial charge is 0.0691 e. The summed E-state index contributed by atoms with van der Waals surface area (Å²) in [6, 6.07) is 0. The van der Waals surface area contributed by atoms with Crippen molar-refractivity contribution in [1.82, 2.24) is 0 Å². The molecule has 0 saturated heterocycles. The van der Waals surface area contributed by atoms with Crippen molar-refractivity contribution in [2.24, 2.45) is 5.92 Å². The van der Waals surface area contributed by atoms with E-state index in [0.29, 0.717) is 0 Å². The molecular weight excluding hydrogens is 96.1 g/mol. The molecule has 1 unspecified atom stereocenters. The fourth-order valence-electron chi connectivity index (χ4n) is 1.87. The summed E-state index contributed by atoms with van der Waals surface area (Å²) in [4.78, 5) is 0. The average Bonchev–Trinajstić information content (AvgIpc) is 2.21. The summed E-state index contributed by atoms with van der Waals surface area (Å²) >= 11 is 0. The third-order valence-corrected chi connectivity index (χ3v) is 2.28. The molecule has 0 aromatic rings. The average molecular weight is 102 g/mol. The van der Waals surface area contributed by atoms with E-state index < -0.39 is 0 Å². The van der Waals surface area contributed by atoms with Crippen LogP contribution in [0, 0.1) is 5.92 Å². The van der Waals surface area contributed by atoms with Gasteiger partial charge in [-0.15, -0.1) is 0 Å². The molecule has 0 nitrogen and oxygen atoms in total. The third kappa shape index (κ3) is 0.172. The molecule has 4 aliphatic rings. The summed E-state index contributed by atoms with van der Waals surface area (Å²) in [6.45, 7) is 0. The van der Waals surface area contributed by atoms with Crippen LogP contribution in [-0.4, -0.2) is 0 Å². The summed E-state index contributed by atoms with van der Waals surface area (Å²) in [5.74, 6) is 0.819. The predicted octanol–water partition coefficient (Wildman–Crippen LogP) is 1.81. The first-order valence-electron chi connectivity index (χ1n) is 3.08. The molecule has 8 heavy (non-hydrogen) atoms. The highest BCUT2D eigenvalue weighted by atomic mass is 14.4. The van der Waals surface area contributed by atoms with Crippen LogP contribution < -0.4 is 0 Å². The van der Waals surface area contributed by atoms with Crippen LogP contribution in [-0.2, 0) is 0 Å². The Kier molecular flexibility index (Phi) is 0.301. The molecule has 0 heterocycles. The molecule has 0 spiro atoms. The van der Waals surface area contributed by atoms with Gasteiger partial charge in [0.25, 0.3) is 0 Å². The van der Waals surface area contributed by atoms with Gasteiger partial charge in [0.1, 0.15) is 0 Å². The fraction of sp³-hybridized carbons (Fsp3) is 0.250. The number of rotatable bonds is 0. The summed E-state index contributed by atoms with van der Waals surface area (Å²) in [7, 11) is 0. The van der Waals surface area contributed by atoms with E-state index in [1.165, 1.54) is 12.0 Å². The molecule has 0 fully saturated rings. The van der Waals surface area contributed by atoms with E-state index in [-0.39, 0.29) is 0 Å². The van der Waals surface area contributed by atoms with Crippen LogP contribution in [0.3, 0.4) is 0 Å². The molecule has 0 aromatic heterocycles. The third-order valence-electron chi connectivity index (χ3n) is 2.28. The molecule has 0 radical (unpaired) electrons. The van der Waals surface area contributed by atoms with Gasteiger partial charge in [0, 0.05) is 5.92 Å². The normalized spacial score (nSPS) is 36.0. The SMILES string of the molecule is C1=C2C=C3C=C2CC13. The highest BCUT2D eigenvalue weighted by Crippen LogP contribution is 2.49. The summed E-state index contributed by atoms with van der Waals surface area (Å²) < 4.78 is 0. The summed E-state index contributed by atoms with van der Waals surface area (Å²) in [5, 5.41) is 0. The van der Waals surface area contributed by atoms with Crippen molar-refractivity contribution < 1.29 is 0 Å². The maximum absolute atomic E-state index is 2.38. The van der Waals surface area contributed by atoms with Crippen molar-refractivity contribution in [2.45, 2.75) is 6.42 Å². The van der Waals surface area contributed by atoms with E-state index in [1.807, 2.05) is 0 Å². The van der Waals surface area contributed by atoms with Gasteiger partial charge in [-0.3, -0.25) is 0 Å². The first-order valence-corrected chi connectivity index (χ1v) is 3.08. The molecule has 1 atom stereocenters. The highest BCUT2D eigenvalue weighted by Gasteiger charge is 2.33. The zero-order valence-electron chi connectivity index (χ0n) is 4.52. The van der Waals surface area contributed by atoms with Gasteiger partial charge in [0.15, 0.2) is 0 Å². The number of allylic oxidation sites excluding steroid dienone is 6. The quantitative estimate of drug-likeness (QED) is 0.437. The minimum absolute atomic E-state index is 0.819. The van der Waals surface area contributed by atoms with Gasteiger partial charge in [-0.1, -0.05) is 18.2 Å². The standard InChI is InChI=1S/C8H6/c1-5-2-7-4-8(5)3-6(1)7/h1-3,7H,4H2. The Balaban J connectivity index is 2.51. The van der Waals surface area contributed by atoms with Crippen molar-refractivity contribution >= 4 is 0 Å². The second kappa shape index (κ2) is 0.732. The predicted molar refractivity (Wildman–Crippen MR) is 32.4 cm³/mol. The Labute approximate surface area is 48.2 Å². The van der Waals surface area contributed by atoms with E-state index in [4.69, 9.17) is 0 Å². The zero-order chi connectivity index (χ0) is 5.14. The van der Waals surface area contributed by atoms with Gasteiger partial charge >= 0.3 is 0 Å². The number of hydrogen-bond acceptors (Lipinski definition) is 0. The molecule has 0 aliphatic heterocycles. The molecule has 0 heteroatoms. The summed E-state index contributed by atoms with van der Waals surface area (Å²) in [5.41, 5.74) is 4.67. The van der Waals surface area contributed by atoms with Crippen molar-refractivity contribution in [3.05, 3.63) is 34.9 Å². The van der Waals surface area contributed by atoms with E-state index in [1.54, 1.807) is 11.1 Å². The minimum Gasteiger partial charge on any atom is -0.0691 e. The Bertz CT molecular complexity index is 251. The van der Waals surface area contributed by atoms with Crippen LogP contribution in [0.25, 0.3) is 0 Å². The fourth-order valence-corrected chi connectivity index (χ4v) is 1.87. The van der Waals surface area contributed by atoms with E-state index in [0.717, 1.165) is 5.92 Å². The van der Waals surface area contributed by atoms with E-state index in [9.17, 15) is 0 Å². The second-order valence-electron chi connectivity index (χ2n) is 2.75. The smallest absolute Gasteiger partial charge is 0.00680 e. The molecule has 0 N–H and O–H groups in total. The van der Waals surface area contributed by atoms with Crippen LogP contribution in [0.1, 0.15) is 6.42 Å². The Morgan fingerprint density at radius 2 is 2.38 bits per heavy atom. The monoisotopic (exact) mass is 102 g/mol. The van der Waals surface area contributed by atoms with Crippen molar-refractivity contribution in [3.63, 3.8) is 0 Å². The highest BCUT2D eigenvalue weighted by molar-refractivity contribution is 5.65. The van der Waals surface area contributed by atoms with Crippen LogP contribution in [0.5, 0.6) is 0 Å². The topological polar surface area (TPSA) is 0 Å². The van der Waals surface area contributed by atoms with Crippen LogP contribution in [0.4, 0.5) is 0 Å². The molecule has 0 saturated carbocycles. The maximum atomic E-state index is 2.38. The lowest BCUT2D eigenvalue weighted by Crippen LogP contribution is -1.85. The van der Waals surface area contributed by atoms with Crippen LogP contribution >= 0.6 is 0 Å².